The molecule has 0 spiro atoms. The van der Waals surface area contributed by atoms with Gasteiger partial charge in [-0.25, -0.2) is 4.39 Å². The molecule has 1 heterocycles. The Balaban J connectivity index is 1.99. The van der Waals surface area contributed by atoms with Crippen LogP contribution in [0.3, 0.4) is 0 Å². The van der Waals surface area contributed by atoms with Crippen molar-refractivity contribution in [1.29, 1.82) is 0 Å². The number of phenolic OH excluding ortho intramolecular Hbond substituents is 1. The molecule has 0 radical (unpaired) electrons. The lowest BCUT2D eigenvalue weighted by Crippen LogP contribution is -2.54. The number of aliphatic hydroxyl groups is 1. The summed E-state index contributed by atoms with van der Waals surface area (Å²) in [5.74, 6) is -2.05. The van der Waals surface area contributed by atoms with Gasteiger partial charge in [0.15, 0.2) is 17.2 Å². The summed E-state index contributed by atoms with van der Waals surface area (Å²) < 4.78 is 56.9. The molecule has 1 aromatic heterocycles. The van der Waals surface area contributed by atoms with Crippen LogP contribution in [0.15, 0.2) is 47.3 Å². The van der Waals surface area contributed by atoms with Gasteiger partial charge in [-0.1, -0.05) is 23.7 Å². The summed E-state index contributed by atoms with van der Waals surface area (Å²) in [5, 5.41) is 23.8. The average molecular weight is 469 g/mol. The van der Waals surface area contributed by atoms with E-state index in [1.807, 2.05) is 0 Å². The number of phenols is 1. The van der Waals surface area contributed by atoms with Crippen LogP contribution >= 0.6 is 11.6 Å². The highest BCUT2D eigenvalue weighted by molar-refractivity contribution is 6.31. The minimum Gasteiger partial charge on any atom is -0.504 e. The fourth-order valence-corrected chi connectivity index (χ4v) is 4.32. The number of hydrogen-bond acceptors (Lipinski definition) is 4. The highest BCUT2D eigenvalue weighted by atomic mass is 35.5. The average Bonchev–Trinajstić information content (AvgIpc) is 2.72. The third-order valence-corrected chi connectivity index (χ3v) is 5.97. The van der Waals surface area contributed by atoms with Crippen molar-refractivity contribution in [2.24, 2.45) is 0 Å². The van der Waals surface area contributed by atoms with E-state index < -0.39 is 46.4 Å². The molecule has 4 rings (SSSR count). The van der Waals surface area contributed by atoms with Gasteiger partial charge >= 0.3 is 6.18 Å². The number of aromatic amines is 1. The molecule has 168 valence electrons. The molecule has 2 unspecified atom stereocenters. The molecule has 3 aromatic rings. The van der Waals surface area contributed by atoms with E-state index in [2.05, 4.69) is 10.3 Å². The Labute approximate surface area is 184 Å². The molecule has 0 saturated heterocycles. The van der Waals surface area contributed by atoms with Gasteiger partial charge in [0.1, 0.15) is 0 Å². The van der Waals surface area contributed by atoms with Gasteiger partial charge in [-0.2, -0.15) is 13.2 Å². The second-order valence-electron chi connectivity index (χ2n) is 7.56. The number of fused-ring (bicyclic) bond motifs is 2. The van der Waals surface area contributed by atoms with E-state index in [9.17, 15) is 32.6 Å². The van der Waals surface area contributed by atoms with Crippen molar-refractivity contribution < 1.29 is 27.8 Å². The van der Waals surface area contributed by atoms with Gasteiger partial charge in [-0.3, -0.25) is 4.79 Å². The number of pyridine rings is 1. The first-order chi connectivity index (χ1) is 15.0. The van der Waals surface area contributed by atoms with Gasteiger partial charge in [0, 0.05) is 29.1 Å². The van der Waals surface area contributed by atoms with Gasteiger partial charge < -0.3 is 20.5 Å². The number of aromatic hydroxyl groups is 1. The Hall–Kier alpha value is -3.04. The highest BCUT2D eigenvalue weighted by Crippen LogP contribution is 2.55. The zero-order valence-electron chi connectivity index (χ0n) is 16.5. The first kappa shape index (κ1) is 22.2. The monoisotopic (exact) mass is 468 g/mol. The largest absolute Gasteiger partial charge is 0.504 e. The SMILES string of the molecule is CC=C1CC(O)(C(F)(F)F)C(Nc2cccc3[nH]c(=O)ccc23)c2cc(Cl)c(F)c(O)c21. The van der Waals surface area contributed by atoms with Crippen LogP contribution in [0.5, 0.6) is 5.75 Å². The normalized spacial score (nSPS) is 22.2. The molecule has 0 amide bonds. The van der Waals surface area contributed by atoms with Crippen molar-refractivity contribution >= 4 is 33.8 Å². The lowest BCUT2D eigenvalue weighted by molar-refractivity contribution is -0.265. The Morgan fingerprint density at radius 3 is 2.66 bits per heavy atom. The van der Waals surface area contributed by atoms with Crippen molar-refractivity contribution in [3.05, 3.63) is 74.8 Å². The number of alkyl halides is 3. The maximum Gasteiger partial charge on any atom is 0.419 e. The van der Waals surface area contributed by atoms with E-state index in [0.29, 0.717) is 10.9 Å². The predicted octanol–water partition coefficient (Wildman–Crippen LogP) is 5.28. The number of anilines is 1. The Kier molecular flexibility index (Phi) is 5.21. The molecule has 2 aromatic carbocycles. The first-order valence-corrected chi connectivity index (χ1v) is 9.90. The van der Waals surface area contributed by atoms with E-state index in [1.54, 1.807) is 6.07 Å². The zero-order valence-corrected chi connectivity index (χ0v) is 17.3. The van der Waals surface area contributed by atoms with Crippen LogP contribution < -0.4 is 10.9 Å². The molecule has 2 atom stereocenters. The number of halogens is 5. The van der Waals surface area contributed by atoms with Gasteiger partial charge in [0.25, 0.3) is 0 Å². The smallest absolute Gasteiger partial charge is 0.419 e. The van der Waals surface area contributed by atoms with Crippen molar-refractivity contribution in [1.82, 2.24) is 4.98 Å². The highest BCUT2D eigenvalue weighted by Gasteiger charge is 2.62. The van der Waals surface area contributed by atoms with Crippen LogP contribution in [0.1, 0.15) is 30.5 Å². The molecule has 4 N–H and O–H groups in total. The summed E-state index contributed by atoms with van der Waals surface area (Å²) in [6.45, 7) is 1.43. The summed E-state index contributed by atoms with van der Waals surface area (Å²) in [7, 11) is 0. The molecule has 1 aliphatic carbocycles. The predicted molar refractivity (Wildman–Crippen MR) is 113 cm³/mol. The molecule has 5 nitrogen and oxygen atoms in total. The fraction of sp³-hybridized carbons (Fsp3) is 0.227. The quantitative estimate of drug-likeness (QED) is 0.385. The Morgan fingerprint density at radius 1 is 1.28 bits per heavy atom. The second kappa shape index (κ2) is 7.53. The van der Waals surface area contributed by atoms with Crippen molar-refractivity contribution in [2.75, 3.05) is 5.32 Å². The maximum absolute atomic E-state index is 14.3. The van der Waals surface area contributed by atoms with Gasteiger partial charge in [-0.05, 0) is 42.3 Å². The number of benzene rings is 2. The van der Waals surface area contributed by atoms with Crippen LogP contribution in [0.25, 0.3) is 16.5 Å². The Bertz CT molecular complexity index is 1320. The second-order valence-corrected chi connectivity index (χ2v) is 7.97. The lowest BCUT2D eigenvalue weighted by atomic mass is 9.72. The number of hydrogen-bond donors (Lipinski definition) is 4. The van der Waals surface area contributed by atoms with Crippen molar-refractivity contribution in [2.45, 2.75) is 31.2 Å². The minimum absolute atomic E-state index is 0.0757. The molecule has 0 aliphatic heterocycles. The van der Waals surface area contributed by atoms with E-state index in [1.165, 1.54) is 37.3 Å². The minimum atomic E-state index is -5.09. The molecule has 32 heavy (non-hydrogen) atoms. The standard InChI is InChI=1S/C22H17ClF4N2O3/c1-2-10-9-21(32,22(25,26)27)20(12-8-13(23)18(24)19(31)17(10)12)29-15-5-3-4-14-11(15)6-7-16(30)28-14/h2-8,20,29,31-32H,9H2,1H3,(H,28,30). The summed E-state index contributed by atoms with van der Waals surface area (Å²) in [6.07, 6.45) is -4.73. The molecular weight excluding hydrogens is 452 g/mol. The van der Waals surface area contributed by atoms with Crippen molar-refractivity contribution in [3.63, 3.8) is 0 Å². The molecule has 0 bridgehead atoms. The zero-order chi connectivity index (χ0) is 23.4. The summed E-state index contributed by atoms with van der Waals surface area (Å²) in [4.78, 5) is 14.2. The number of H-pyrrole nitrogens is 1. The van der Waals surface area contributed by atoms with Crippen LogP contribution in [0, 0.1) is 5.82 Å². The van der Waals surface area contributed by atoms with Gasteiger partial charge in [-0.15, -0.1) is 0 Å². The van der Waals surface area contributed by atoms with E-state index in [4.69, 9.17) is 11.6 Å². The third kappa shape index (κ3) is 3.32. The molecular formula is C22H17ClF4N2O3. The molecule has 1 aliphatic rings. The summed E-state index contributed by atoms with van der Waals surface area (Å²) >= 11 is 5.85. The summed E-state index contributed by atoms with van der Waals surface area (Å²) in [5.41, 5.74) is -3.60. The van der Waals surface area contributed by atoms with Gasteiger partial charge in [0.2, 0.25) is 5.56 Å². The molecule has 10 heteroatoms. The third-order valence-electron chi connectivity index (χ3n) is 5.70. The number of nitrogens with one attached hydrogen (secondary N) is 2. The lowest BCUT2D eigenvalue weighted by Gasteiger charge is -2.44. The van der Waals surface area contributed by atoms with E-state index in [-0.39, 0.29) is 22.4 Å². The Morgan fingerprint density at radius 2 is 2.00 bits per heavy atom. The van der Waals surface area contributed by atoms with Gasteiger partial charge in [0.05, 0.1) is 16.6 Å². The molecule has 0 fully saturated rings. The number of allylic oxidation sites excluding steroid dienone is 1. The molecule has 0 saturated carbocycles. The summed E-state index contributed by atoms with van der Waals surface area (Å²) in [6, 6.07) is 6.34. The van der Waals surface area contributed by atoms with E-state index in [0.717, 1.165) is 6.07 Å². The van der Waals surface area contributed by atoms with Crippen LogP contribution in [0.4, 0.5) is 23.2 Å². The number of rotatable bonds is 2. The van der Waals surface area contributed by atoms with E-state index >= 15 is 0 Å². The topological polar surface area (TPSA) is 85.4 Å². The van der Waals surface area contributed by atoms with Crippen LogP contribution in [0.2, 0.25) is 5.02 Å². The fourth-order valence-electron chi connectivity index (χ4n) is 4.11. The van der Waals surface area contributed by atoms with Crippen LogP contribution in [-0.4, -0.2) is 27.0 Å². The van der Waals surface area contributed by atoms with Crippen LogP contribution in [-0.2, 0) is 0 Å². The maximum atomic E-state index is 14.3. The number of aromatic nitrogens is 1. The van der Waals surface area contributed by atoms with Crippen molar-refractivity contribution in [3.8, 4) is 5.75 Å². The first-order valence-electron chi connectivity index (χ1n) is 9.52.